The van der Waals surface area contributed by atoms with Gasteiger partial charge in [-0.3, -0.25) is 0 Å². The molecule has 4 nitrogen and oxygen atoms in total. The molecule has 96 valence electrons. The highest BCUT2D eigenvalue weighted by molar-refractivity contribution is 4.82. The predicted octanol–water partition coefficient (Wildman–Crippen LogP) is 3.41. The Bertz CT molecular complexity index is 244. The molecule has 0 aliphatic carbocycles. The molecule has 0 aromatic carbocycles. The molecule has 0 bridgehead atoms. The molecule has 1 atom stereocenters. The van der Waals surface area contributed by atoms with Crippen molar-refractivity contribution in [2.24, 2.45) is 10.2 Å². The van der Waals surface area contributed by atoms with Crippen LogP contribution < -0.4 is 0 Å². The molecule has 0 radical (unpaired) electrons. The molecule has 0 aliphatic rings. The van der Waals surface area contributed by atoms with E-state index in [1.807, 2.05) is 41.5 Å². The fourth-order valence-electron chi connectivity index (χ4n) is 1.27. The molecular weight excluding hydrogens is 204 g/mol. The van der Waals surface area contributed by atoms with Gasteiger partial charge in [-0.05, 0) is 41.5 Å². The fraction of sp³-hybridized carbons (Fsp3) is 1.00. The second kappa shape index (κ2) is 5.23. The molecule has 0 fully saturated rings. The van der Waals surface area contributed by atoms with Gasteiger partial charge in [0, 0.05) is 20.6 Å². The van der Waals surface area contributed by atoms with E-state index < -0.39 is 5.72 Å². The molecule has 0 N–H and O–H groups in total. The van der Waals surface area contributed by atoms with Crippen molar-refractivity contribution in [3.05, 3.63) is 0 Å². The molecule has 4 heteroatoms. The number of methoxy groups -OCH3 is 2. The van der Waals surface area contributed by atoms with E-state index in [9.17, 15) is 0 Å². The average Bonchev–Trinajstić information content (AvgIpc) is 2.13. The zero-order valence-electron chi connectivity index (χ0n) is 11.9. The van der Waals surface area contributed by atoms with Crippen LogP contribution in [0.5, 0.6) is 0 Å². The third-order valence-electron chi connectivity index (χ3n) is 2.31. The SMILES string of the molecule is COC(C)(C)CC(C)(N=NC(C)(C)C)OC. The Labute approximate surface area is 99.4 Å². The number of rotatable bonds is 5. The van der Waals surface area contributed by atoms with Gasteiger partial charge in [0.1, 0.15) is 0 Å². The molecule has 0 amide bonds. The Hall–Kier alpha value is -0.480. The van der Waals surface area contributed by atoms with Crippen molar-refractivity contribution in [3.63, 3.8) is 0 Å². The predicted molar refractivity (Wildman–Crippen MR) is 65.7 cm³/mol. The first-order chi connectivity index (χ1) is 7.04. The Morgan fingerprint density at radius 3 is 1.62 bits per heavy atom. The Kier molecular flexibility index (Phi) is 5.08. The van der Waals surface area contributed by atoms with E-state index >= 15 is 0 Å². The maximum atomic E-state index is 5.43. The summed E-state index contributed by atoms with van der Waals surface area (Å²) < 4.78 is 10.8. The molecule has 0 spiro atoms. The third kappa shape index (κ3) is 6.18. The van der Waals surface area contributed by atoms with Crippen LogP contribution >= 0.6 is 0 Å². The summed E-state index contributed by atoms with van der Waals surface area (Å²) in [6, 6.07) is 0. The van der Waals surface area contributed by atoms with Crippen LogP contribution in [0.2, 0.25) is 0 Å². The lowest BCUT2D eigenvalue weighted by molar-refractivity contribution is -0.0783. The lowest BCUT2D eigenvalue weighted by atomic mass is 9.97. The second-order valence-electron chi connectivity index (χ2n) is 5.89. The number of hydrogen-bond acceptors (Lipinski definition) is 4. The largest absolute Gasteiger partial charge is 0.379 e. The molecule has 1 unspecified atom stereocenters. The van der Waals surface area contributed by atoms with Gasteiger partial charge in [-0.15, -0.1) is 0 Å². The topological polar surface area (TPSA) is 43.2 Å². The molecule has 0 aromatic heterocycles. The van der Waals surface area contributed by atoms with Crippen molar-refractivity contribution in [2.45, 2.75) is 64.8 Å². The van der Waals surface area contributed by atoms with E-state index in [0.29, 0.717) is 6.42 Å². The van der Waals surface area contributed by atoms with E-state index in [0.717, 1.165) is 0 Å². The number of nitrogens with zero attached hydrogens (tertiary/aromatic N) is 2. The summed E-state index contributed by atoms with van der Waals surface area (Å²) in [5.41, 5.74) is -1.09. The van der Waals surface area contributed by atoms with Crippen LogP contribution in [-0.2, 0) is 9.47 Å². The van der Waals surface area contributed by atoms with Crippen LogP contribution in [0.15, 0.2) is 10.2 Å². The molecule has 0 aromatic rings. The van der Waals surface area contributed by atoms with E-state index in [4.69, 9.17) is 9.47 Å². The summed E-state index contributed by atoms with van der Waals surface area (Å²) in [6.07, 6.45) is 0.659. The monoisotopic (exact) mass is 230 g/mol. The van der Waals surface area contributed by atoms with E-state index in [-0.39, 0.29) is 11.1 Å². The van der Waals surface area contributed by atoms with E-state index in [1.54, 1.807) is 14.2 Å². The normalized spacial score (nSPS) is 17.8. The van der Waals surface area contributed by atoms with Gasteiger partial charge < -0.3 is 9.47 Å². The molecule has 0 rings (SSSR count). The lowest BCUT2D eigenvalue weighted by Crippen LogP contribution is -2.37. The first-order valence-electron chi connectivity index (χ1n) is 5.58. The molecular formula is C12H26N2O2. The molecule has 16 heavy (non-hydrogen) atoms. The Morgan fingerprint density at radius 2 is 1.31 bits per heavy atom. The highest BCUT2D eigenvalue weighted by Crippen LogP contribution is 2.28. The van der Waals surface area contributed by atoms with Crippen LogP contribution in [0.1, 0.15) is 48.0 Å². The van der Waals surface area contributed by atoms with Gasteiger partial charge in [-0.1, -0.05) is 0 Å². The minimum absolute atomic E-state index is 0.184. The Morgan fingerprint density at radius 1 is 0.812 bits per heavy atom. The quantitative estimate of drug-likeness (QED) is 0.679. The van der Waals surface area contributed by atoms with Gasteiger partial charge >= 0.3 is 0 Å². The van der Waals surface area contributed by atoms with Crippen molar-refractivity contribution in [2.75, 3.05) is 14.2 Å². The maximum absolute atomic E-state index is 5.43. The van der Waals surface area contributed by atoms with E-state index in [1.165, 1.54) is 0 Å². The summed E-state index contributed by atoms with van der Waals surface area (Å²) in [5.74, 6) is 0. The van der Waals surface area contributed by atoms with Crippen LogP contribution in [0.3, 0.4) is 0 Å². The highest BCUT2D eigenvalue weighted by Gasteiger charge is 2.33. The molecule has 0 heterocycles. The maximum Gasteiger partial charge on any atom is 0.178 e. The highest BCUT2D eigenvalue weighted by atomic mass is 16.5. The third-order valence-corrected chi connectivity index (χ3v) is 2.31. The first kappa shape index (κ1) is 15.5. The van der Waals surface area contributed by atoms with Gasteiger partial charge in [0.15, 0.2) is 5.72 Å². The van der Waals surface area contributed by atoms with Gasteiger partial charge in [-0.25, -0.2) is 0 Å². The molecule has 0 saturated carbocycles. The van der Waals surface area contributed by atoms with Crippen molar-refractivity contribution in [3.8, 4) is 0 Å². The van der Waals surface area contributed by atoms with Gasteiger partial charge in [0.25, 0.3) is 0 Å². The summed E-state index contributed by atoms with van der Waals surface area (Å²) in [5, 5.41) is 8.56. The smallest absolute Gasteiger partial charge is 0.178 e. The zero-order valence-corrected chi connectivity index (χ0v) is 11.9. The number of ether oxygens (including phenoxy) is 2. The summed E-state index contributed by atoms with van der Waals surface area (Å²) >= 11 is 0. The number of azo groups is 1. The fourth-order valence-corrected chi connectivity index (χ4v) is 1.27. The van der Waals surface area contributed by atoms with Crippen molar-refractivity contribution >= 4 is 0 Å². The van der Waals surface area contributed by atoms with Crippen molar-refractivity contribution in [1.82, 2.24) is 0 Å². The average molecular weight is 230 g/mol. The van der Waals surface area contributed by atoms with E-state index in [2.05, 4.69) is 10.2 Å². The van der Waals surface area contributed by atoms with Crippen LogP contribution in [-0.4, -0.2) is 31.1 Å². The minimum atomic E-state index is -0.632. The minimum Gasteiger partial charge on any atom is -0.379 e. The summed E-state index contributed by atoms with van der Waals surface area (Å²) in [4.78, 5) is 0. The van der Waals surface area contributed by atoms with Crippen LogP contribution in [0, 0.1) is 0 Å². The van der Waals surface area contributed by atoms with Crippen molar-refractivity contribution < 1.29 is 9.47 Å². The summed E-state index contributed by atoms with van der Waals surface area (Å²) in [6.45, 7) is 12.0. The lowest BCUT2D eigenvalue weighted by Gasteiger charge is -2.32. The Balaban J connectivity index is 4.74. The molecule has 0 saturated heterocycles. The first-order valence-corrected chi connectivity index (χ1v) is 5.58. The van der Waals surface area contributed by atoms with Crippen molar-refractivity contribution in [1.29, 1.82) is 0 Å². The zero-order chi connectivity index (χ0) is 13.0. The standard InChI is InChI=1S/C12H26N2O2/c1-10(2,3)13-14-12(6,16-8)9-11(4,5)15-7/h9H2,1-8H3. The van der Waals surface area contributed by atoms with Gasteiger partial charge in [0.05, 0.1) is 11.1 Å². The van der Waals surface area contributed by atoms with Crippen LogP contribution in [0.4, 0.5) is 0 Å². The summed E-state index contributed by atoms with van der Waals surface area (Å²) in [7, 11) is 3.34. The van der Waals surface area contributed by atoms with Crippen LogP contribution in [0.25, 0.3) is 0 Å². The number of hydrogen-bond donors (Lipinski definition) is 0. The molecule has 0 aliphatic heterocycles. The van der Waals surface area contributed by atoms with Gasteiger partial charge in [0.2, 0.25) is 0 Å². The van der Waals surface area contributed by atoms with Gasteiger partial charge in [-0.2, -0.15) is 10.2 Å². The second-order valence-corrected chi connectivity index (χ2v) is 5.89.